The first-order chi connectivity index (χ1) is 13.3. The van der Waals surface area contributed by atoms with Crippen molar-refractivity contribution in [1.82, 2.24) is 19.7 Å². The van der Waals surface area contributed by atoms with Crippen molar-refractivity contribution in [3.8, 4) is 28.6 Å². The van der Waals surface area contributed by atoms with Crippen LogP contribution in [-0.4, -0.2) is 26.9 Å². The average Bonchev–Trinajstić information content (AvgIpc) is 3.34. The van der Waals surface area contributed by atoms with Gasteiger partial charge in [-0.05, 0) is 24.3 Å². The molecule has 0 spiro atoms. The highest BCUT2D eigenvalue weighted by molar-refractivity contribution is 7.98. The molecule has 2 heterocycles. The fraction of sp³-hybridized carbons (Fsp3) is 0.150. The Morgan fingerprint density at radius 2 is 1.81 bits per heavy atom. The molecule has 6 nitrogen and oxygen atoms in total. The number of aromatic nitrogens is 4. The van der Waals surface area contributed by atoms with E-state index in [-0.39, 0.29) is 0 Å². The number of hydrogen-bond donors (Lipinski definition) is 0. The van der Waals surface area contributed by atoms with E-state index in [4.69, 9.17) is 9.15 Å². The normalized spacial score (nSPS) is 10.9. The van der Waals surface area contributed by atoms with Gasteiger partial charge in [-0.2, -0.15) is 0 Å². The van der Waals surface area contributed by atoms with E-state index in [1.165, 1.54) is 0 Å². The van der Waals surface area contributed by atoms with E-state index >= 15 is 0 Å². The lowest BCUT2D eigenvalue weighted by Gasteiger charge is -2.07. The van der Waals surface area contributed by atoms with Crippen LogP contribution in [0.5, 0.6) is 5.75 Å². The van der Waals surface area contributed by atoms with Gasteiger partial charge in [0.15, 0.2) is 11.0 Å². The minimum absolute atomic E-state index is 0.624. The van der Waals surface area contributed by atoms with Gasteiger partial charge in [0, 0.05) is 18.4 Å². The van der Waals surface area contributed by atoms with Crippen LogP contribution >= 0.6 is 11.8 Å². The summed E-state index contributed by atoms with van der Waals surface area (Å²) in [6, 6.07) is 17.6. The molecule has 0 unspecified atom stereocenters. The first kappa shape index (κ1) is 17.4. The van der Waals surface area contributed by atoms with E-state index in [1.807, 2.05) is 66.2 Å². The molecular weight excluding hydrogens is 360 g/mol. The summed E-state index contributed by atoms with van der Waals surface area (Å²) in [5.74, 6) is 2.81. The second-order valence-electron chi connectivity index (χ2n) is 5.86. The van der Waals surface area contributed by atoms with Crippen LogP contribution < -0.4 is 4.74 Å². The molecule has 4 aromatic rings. The summed E-state index contributed by atoms with van der Waals surface area (Å²) in [6.45, 7) is 0. The molecule has 136 valence electrons. The maximum absolute atomic E-state index is 5.59. The number of methoxy groups -OCH3 is 1. The SMILES string of the molecule is COc1ccccc1-c1nnc(SCc2coc(-c3ccccc3)n2)n1C. The standard InChI is InChI=1S/C20H18N4O2S/c1-24-18(16-10-6-7-11-17(16)25-2)22-23-20(24)27-13-15-12-26-19(21-15)14-8-4-3-5-9-14/h3-12H,13H2,1-2H3. The highest BCUT2D eigenvalue weighted by Crippen LogP contribution is 2.31. The first-order valence-corrected chi connectivity index (χ1v) is 9.40. The third kappa shape index (κ3) is 3.59. The number of para-hydroxylation sites is 1. The zero-order chi connectivity index (χ0) is 18.6. The van der Waals surface area contributed by atoms with Crippen LogP contribution in [0.15, 0.2) is 70.4 Å². The first-order valence-electron chi connectivity index (χ1n) is 8.41. The van der Waals surface area contributed by atoms with Crippen molar-refractivity contribution in [3.05, 3.63) is 66.6 Å². The van der Waals surface area contributed by atoms with Crippen molar-refractivity contribution in [3.63, 3.8) is 0 Å². The van der Waals surface area contributed by atoms with E-state index in [0.717, 1.165) is 33.6 Å². The van der Waals surface area contributed by atoms with Crippen molar-refractivity contribution in [2.45, 2.75) is 10.9 Å². The van der Waals surface area contributed by atoms with E-state index in [2.05, 4.69) is 15.2 Å². The number of hydrogen-bond acceptors (Lipinski definition) is 6. The summed E-state index contributed by atoms with van der Waals surface area (Å²) in [4.78, 5) is 4.55. The smallest absolute Gasteiger partial charge is 0.226 e. The number of thioether (sulfide) groups is 1. The van der Waals surface area contributed by atoms with E-state index in [0.29, 0.717) is 11.6 Å². The van der Waals surface area contributed by atoms with Gasteiger partial charge in [-0.3, -0.25) is 0 Å². The molecule has 0 N–H and O–H groups in total. The monoisotopic (exact) mass is 378 g/mol. The molecule has 0 amide bonds. The van der Waals surface area contributed by atoms with Crippen LogP contribution in [0.4, 0.5) is 0 Å². The number of ether oxygens (including phenoxy) is 1. The molecular formula is C20H18N4O2S. The second-order valence-corrected chi connectivity index (χ2v) is 6.81. The molecule has 0 saturated heterocycles. The lowest BCUT2D eigenvalue weighted by molar-refractivity contribution is 0.416. The average molecular weight is 378 g/mol. The van der Waals surface area contributed by atoms with Gasteiger partial charge in [0.05, 0.1) is 18.4 Å². The topological polar surface area (TPSA) is 66.0 Å². The highest BCUT2D eigenvalue weighted by Gasteiger charge is 2.15. The predicted molar refractivity (Wildman–Crippen MR) is 104 cm³/mol. The van der Waals surface area contributed by atoms with Crippen molar-refractivity contribution in [2.24, 2.45) is 7.05 Å². The summed E-state index contributed by atoms with van der Waals surface area (Å²) >= 11 is 1.56. The van der Waals surface area contributed by atoms with Crippen LogP contribution in [0.3, 0.4) is 0 Å². The molecule has 0 bridgehead atoms. The Balaban J connectivity index is 1.50. The predicted octanol–water partition coefficient (Wildman–Crippen LogP) is 4.44. The van der Waals surface area contributed by atoms with Crippen molar-refractivity contribution in [1.29, 1.82) is 0 Å². The van der Waals surface area contributed by atoms with Crippen LogP contribution in [-0.2, 0) is 12.8 Å². The summed E-state index contributed by atoms with van der Waals surface area (Å²) in [5, 5.41) is 9.44. The molecule has 0 fully saturated rings. The van der Waals surface area contributed by atoms with Crippen molar-refractivity contribution in [2.75, 3.05) is 7.11 Å². The van der Waals surface area contributed by atoms with E-state index in [9.17, 15) is 0 Å². The largest absolute Gasteiger partial charge is 0.496 e. The Morgan fingerprint density at radius 3 is 2.63 bits per heavy atom. The molecule has 27 heavy (non-hydrogen) atoms. The molecule has 0 aliphatic heterocycles. The Kier molecular flexibility index (Phi) is 4.93. The number of benzene rings is 2. The molecule has 0 saturated carbocycles. The number of oxazole rings is 1. The Hall–Kier alpha value is -3.06. The van der Waals surface area contributed by atoms with Gasteiger partial charge in [-0.1, -0.05) is 42.1 Å². The zero-order valence-corrected chi connectivity index (χ0v) is 15.8. The van der Waals surface area contributed by atoms with Gasteiger partial charge in [-0.15, -0.1) is 10.2 Å². The summed E-state index contributed by atoms with van der Waals surface area (Å²) in [5.41, 5.74) is 2.74. The van der Waals surface area contributed by atoms with E-state index < -0.39 is 0 Å². The number of rotatable bonds is 6. The zero-order valence-electron chi connectivity index (χ0n) is 15.0. The Labute approximate surface area is 161 Å². The quantitative estimate of drug-likeness (QED) is 0.462. The second kappa shape index (κ2) is 7.67. The van der Waals surface area contributed by atoms with Crippen LogP contribution in [0.2, 0.25) is 0 Å². The summed E-state index contributed by atoms with van der Waals surface area (Å²) in [6.07, 6.45) is 1.69. The Morgan fingerprint density at radius 1 is 1.04 bits per heavy atom. The van der Waals surface area contributed by atoms with Gasteiger partial charge in [0.25, 0.3) is 0 Å². The maximum atomic E-state index is 5.59. The van der Waals surface area contributed by atoms with Gasteiger partial charge in [0.2, 0.25) is 5.89 Å². The summed E-state index contributed by atoms with van der Waals surface area (Å²) < 4.78 is 13.0. The Bertz CT molecular complexity index is 1040. The van der Waals surface area contributed by atoms with Crippen molar-refractivity contribution >= 4 is 11.8 Å². The number of nitrogens with zero attached hydrogens (tertiary/aromatic N) is 4. The summed E-state index contributed by atoms with van der Waals surface area (Å²) in [7, 11) is 3.60. The highest BCUT2D eigenvalue weighted by atomic mass is 32.2. The van der Waals surface area contributed by atoms with E-state index in [1.54, 1.807) is 25.1 Å². The van der Waals surface area contributed by atoms with Gasteiger partial charge >= 0.3 is 0 Å². The van der Waals surface area contributed by atoms with Crippen LogP contribution in [0.25, 0.3) is 22.8 Å². The lowest BCUT2D eigenvalue weighted by Crippen LogP contribution is -1.97. The third-order valence-corrected chi connectivity index (χ3v) is 5.16. The minimum atomic E-state index is 0.624. The molecule has 7 heteroatoms. The molecule has 2 aromatic heterocycles. The molecule has 0 aliphatic rings. The molecule has 2 aromatic carbocycles. The minimum Gasteiger partial charge on any atom is -0.496 e. The van der Waals surface area contributed by atoms with Crippen LogP contribution in [0, 0.1) is 0 Å². The molecule has 0 atom stereocenters. The third-order valence-electron chi connectivity index (χ3n) is 4.10. The van der Waals surface area contributed by atoms with Crippen molar-refractivity contribution < 1.29 is 9.15 Å². The maximum Gasteiger partial charge on any atom is 0.226 e. The van der Waals surface area contributed by atoms with Gasteiger partial charge in [0.1, 0.15) is 12.0 Å². The fourth-order valence-electron chi connectivity index (χ4n) is 2.73. The fourth-order valence-corrected chi connectivity index (χ4v) is 3.52. The molecule has 0 radical (unpaired) electrons. The van der Waals surface area contributed by atoms with Gasteiger partial charge < -0.3 is 13.7 Å². The van der Waals surface area contributed by atoms with Gasteiger partial charge in [-0.25, -0.2) is 4.98 Å². The van der Waals surface area contributed by atoms with Crippen LogP contribution in [0.1, 0.15) is 5.69 Å². The lowest BCUT2D eigenvalue weighted by atomic mass is 10.2. The molecule has 4 rings (SSSR count). The molecule has 0 aliphatic carbocycles.